The van der Waals surface area contributed by atoms with Gasteiger partial charge in [0.1, 0.15) is 5.01 Å². The van der Waals surface area contributed by atoms with Crippen LogP contribution in [0.4, 0.5) is 5.69 Å². The van der Waals surface area contributed by atoms with Crippen LogP contribution in [-0.2, 0) is 4.79 Å². The van der Waals surface area contributed by atoms with Gasteiger partial charge in [-0.2, -0.15) is 0 Å². The Labute approximate surface area is 188 Å². The van der Waals surface area contributed by atoms with E-state index in [4.69, 9.17) is 11.6 Å². The maximum atomic E-state index is 12.3. The first kappa shape index (κ1) is 20.7. The van der Waals surface area contributed by atoms with E-state index < -0.39 is 0 Å². The van der Waals surface area contributed by atoms with Crippen LogP contribution in [0, 0.1) is 0 Å². The van der Waals surface area contributed by atoms with E-state index in [1.54, 1.807) is 36.5 Å². The van der Waals surface area contributed by atoms with Crippen molar-refractivity contribution < 1.29 is 9.59 Å². The summed E-state index contributed by atoms with van der Waals surface area (Å²) in [5, 5.41) is 8.72. The first-order chi connectivity index (χ1) is 15.1. The minimum Gasteiger partial charge on any atom is -0.343 e. The summed E-state index contributed by atoms with van der Waals surface area (Å²) in [7, 11) is 0. The Bertz CT molecular complexity index is 1210. The van der Waals surface area contributed by atoms with Crippen LogP contribution in [0.15, 0.2) is 78.3 Å². The molecule has 4 aromatic rings. The minimum atomic E-state index is -0.343. The van der Waals surface area contributed by atoms with Gasteiger partial charge in [-0.3, -0.25) is 14.6 Å². The van der Waals surface area contributed by atoms with Gasteiger partial charge in [0.25, 0.3) is 5.91 Å². The maximum Gasteiger partial charge on any atom is 0.251 e. The molecule has 2 aromatic heterocycles. The molecular formula is C23H17ClN4O2S. The van der Waals surface area contributed by atoms with Crippen LogP contribution in [0.5, 0.6) is 0 Å². The van der Waals surface area contributed by atoms with Gasteiger partial charge in [0, 0.05) is 33.4 Å². The molecular weight excluding hydrogens is 432 g/mol. The molecule has 0 fully saturated rings. The maximum absolute atomic E-state index is 12.3. The number of hydrogen-bond donors (Lipinski definition) is 2. The van der Waals surface area contributed by atoms with Crippen molar-refractivity contribution in [1.82, 2.24) is 15.3 Å². The van der Waals surface area contributed by atoms with Crippen LogP contribution in [0.1, 0.15) is 10.4 Å². The zero-order valence-electron chi connectivity index (χ0n) is 16.2. The molecule has 0 aliphatic heterocycles. The van der Waals surface area contributed by atoms with E-state index in [0.29, 0.717) is 16.3 Å². The van der Waals surface area contributed by atoms with Crippen molar-refractivity contribution in [2.45, 2.75) is 0 Å². The average molecular weight is 449 g/mol. The smallest absolute Gasteiger partial charge is 0.251 e. The summed E-state index contributed by atoms with van der Waals surface area (Å²) >= 11 is 7.33. The third-order valence-electron chi connectivity index (χ3n) is 4.35. The second-order valence-corrected chi connectivity index (χ2v) is 7.87. The third kappa shape index (κ3) is 5.33. The number of nitrogens with one attached hydrogen (secondary N) is 2. The standard InChI is InChI=1S/C23H17ClN4O2S/c24-17-9-7-15(8-10-17)22(30)26-13-21(29)27-18-5-3-4-16(12-18)20-14-31-23(28-20)19-6-1-2-11-25-19/h1-12,14H,13H2,(H,26,30)(H,27,29). The molecule has 0 radical (unpaired) electrons. The van der Waals surface area contributed by atoms with Crippen LogP contribution in [0.2, 0.25) is 5.02 Å². The first-order valence-corrected chi connectivity index (χ1v) is 10.7. The molecule has 0 atom stereocenters. The highest BCUT2D eigenvalue weighted by molar-refractivity contribution is 7.13. The number of anilines is 1. The Morgan fingerprint density at radius 1 is 0.968 bits per heavy atom. The molecule has 2 amide bonds. The van der Waals surface area contributed by atoms with Gasteiger partial charge in [0.05, 0.1) is 17.9 Å². The zero-order chi connectivity index (χ0) is 21.6. The molecule has 8 heteroatoms. The first-order valence-electron chi connectivity index (χ1n) is 9.39. The lowest BCUT2D eigenvalue weighted by Gasteiger charge is -2.08. The van der Waals surface area contributed by atoms with Gasteiger partial charge in [-0.15, -0.1) is 11.3 Å². The molecule has 0 aliphatic rings. The number of carbonyl (C=O) groups excluding carboxylic acids is 2. The topological polar surface area (TPSA) is 84.0 Å². The second-order valence-electron chi connectivity index (χ2n) is 6.57. The normalized spacial score (nSPS) is 10.5. The molecule has 6 nitrogen and oxygen atoms in total. The molecule has 0 bridgehead atoms. The van der Waals surface area contributed by atoms with Crippen LogP contribution in [-0.4, -0.2) is 28.3 Å². The van der Waals surface area contributed by atoms with E-state index in [-0.39, 0.29) is 18.4 Å². The van der Waals surface area contributed by atoms with Crippen molar-refractivity contribution in [3.8, 4) is 22.0 Å². The van der Waals surface area contributed by atoms with Crippen molar-refractivity contribution in [2.75, 3.05) is 11.9 Å². The fraction of sp³-hybridized carbons (Fsp3) is 0.0435. The Morgan fingerprint density at radius 3 is 2.58 bits per heavy atom. The zero-order valence-corrected chi connectivity index (χ0v) is 17.8. The lowest BCUT2D eigenvalue weighted by Crippen LogP contribution is -2.32. The van der Waals surface area contributed by atoms with Crippen LogP contribution >= 0.6 is 22.9 Å². The number of halogens is 1. The highest BCUT2D eigenvalue weighted by Gasteiger charge is 2.11. The number of thiazole rings is 1. The van der Waals surface area contributed by atoms with Crippen LogP contribution in [0.25, 0.3) is 22.0 Å². The highest BCUT2D eigenvalue weighted by Crippen LogP contribution is 2.28. The number of nitrogens with zero attached hydrogens (tertiary/aromatic N) is 2. The van der Waals surface area contributed by atoms with Gasteiger partial charge in [-0.25, -0.2) is 4.98 Å². The number of aromatic nitrogens is 2. The van der Waals surface area contributed by atoms with E-state index in [9.17, 15) is 9.59 Å². The summed E-state index contributed by atoms with van der Waals surface area (Å²) in [6, 6.07) is 19.6. The number of amides is 2. The van der Waals surface area contributed by atoms with Crippen LogP contribution in [0.3, 0.4) is 0 Å². The predicted molar refractivity (Wildman–Crippen MR) is 123 cm³/mol. The summed E-state index contributed by atoms with van der Waals surface area (Å²) in [4.78, 5) is 33.4. The van der Waals surface area contributed by atoms with E-state index >= 15 is 0 Å². The van der Waals surface area contributed by atoms with E-state index in [1.165, 1.54) is 11.3 Å². The fourth-order valence-corrected chi connectivity index (χ4v) is 3.77. The molecule has 2 aromatic carbocycles. The van der Waals surface area contributed by atoms with Crippen molar-refractivity contribution >= 4 is 40.4 Å². The summed E-state index contributed by atoms with van der Waals surface area (Å²) < 4.78 is 0. The Balaban J connectivity index is 1.38. The Hall–Kier alpha value is -3.55. The number of hydrogen-bond acceptors (Lipinski definition) is 5. The molecule has 31 heavy (non-hydrogen) atoms. The molecule has 4 rings (SSSR count). The molecule has 0 spiro atoms. The third-order valence-corrected chi connectivity index (χ3v) is 5.46. The SMILES string of the molecule is O=C(CNC(=O)c1ccc(Cl)cc1)Nc1cccc(-c2csc(-c3ccccn3)n2)c1. The lowest BCUT2D eigenvalue weighted by atomic mass is 10.1. The second kappa shape index (κ2) is 9.51. The van der Waals surface area contributed by atoms with Crippen molar-refractivity contribution in [2.24, 2.45) is 0 Å². The molecule has 0 aliphatic carbocycles. The molecule has 2 N–H and O–H groups in total. The summed E-state index contributed by atoms with van der Waals surface area (Å²) in [5.74, 6) is -0.669. The number of rotatable bonds is 6. The number of pyridine rings is 1. The van der Waals surface area contributed by atoms with Crippen molar-refractivity contribution in [1.29, 1.82) is 0 Å². The minimum absolute atomic E-state index is 0.147. The quantitative estimate of drug-likeness (QED) is 0.439. The summed E-state index contributed by atoms with van der Waals surface area (Å²) in [6.45, 7) is -0.147. The van der Waals surface area contributed by atoms with Crippen LogP contribution < -0.4 is 10.6 Å². The molecule has 0 saturated heterocycles. The Kier molecular flexibility index (Phi) is 6.35. The van der Waals surface area contributed by atoms with Gasteiger partial charge < -0.3 is 10.6 Å². The average Bonchev–Trinajstić information content (AvgIpc) is 3.29. The van der Waals surface area contributed by atoms with E-state index in [0.717, 1.165) is 22.0 Å². The number of carbonyl (C=O) groups is 2. The predicted octanol–water partition coefficient (Wildman–Crippen LogP) is 4.89. The van der Waals surface area contributed by atoms with Crippen molar-refractivity contribution in [3.63, 3.8) is 0 Å². The molecule has 154 valence electrons. The van der Waals surface area contributed by atoms with Gasteiger partial charge in [0.2, 0.25) is 5.91 Å². The van der Waals surface area contributed by atoms with Gasteiger partial charge in [-0.1, -0.05) is 29.8 Å². The fourth-order valence-electron chi connectivity index (χ4n) is 2.84. The largest absolute Gasteiger partial charge is 0.343 e. The molecule has 0 unspecified atom stereocenters. The van der Waals surface area contributed by atoms with E-state index in [1.807, 2.05) is 41.8 Å². The van der Waals surface area contributed by atoms with Gasteiger partial charge in [0.15, 0.2) is 0 Å². The van der Waals surface area contributed by atoms with Gasteiger partial charge in [-0.05, 0) is 48.5 Å². The Morgan fingerprint density at radius 2 is 1.81 bits per heavy atom. The molecule has 0 saturated carbocycles. The monoisotopic (exact) mass is 448 g/mol. The van der Waals surface area contributed by atoms with E-state index in [2.05, 4.69) is 20.6 Å². The van der Waals surface area contributed by atoms with Crippen molar-refractivity contribution in [3.05, 3.63) is 88.9 Å². The lowest BCUT2D eigenvalue weighted by molar-refractivity contribution is -0.115. The summed E-state index contributed by atoms with van der Waals surface area (Å²) in [5.41, 5.74) is 3.56. The summed E-state index contributed by atoms with van der Waals surface area (Å²) in [6.07, 6.45) is 1.73. The highest BCUT2D eigenvalue weighted by atomic mass is 35.5. The van der Waals surface area contributed by atoms with Gasteiger partial charge >= 0.3 is 0 Å². The number of benzene rings is 2. The molecule has 2 heterocycles.